The molecule has 0 aliphatic rings. The van der Waals surface area contributed by atoms with Gasteiger partial charge in [0, 0.05) is 6.42 Å². The average Bonchev–Trinajstić information content (AvgIpc) is 2.68. The first kappa shape index (κ1) is 12.1. The maximum absolute atomic E-state index is 5.74. The lowest BCUT2D eigenvalue weighted by atomic mass is 10.0. The fourth-order valence-electron chi connectivity index (χ4n) is 2.29. The van der Waals surface area contributed by atoms with Gasteiger partial charge in [0.15, 0.2) is 0 Å². The van der Waals surface area contributed by atoms with Crippen molar-refractivity contribution in [1.82, 2.24) is 9.97 Å². The Labute approximate surface area is 102 Å². The summed E-state index contributed by atoms with van der Waals surface area (Å²) in [5.41, 5.74) is 10.5. The van der Waals surface area contributed by atoms with Crippen LogP contribution in [0, 0.1) is 19.8 Å². The van der Waals surface area contributed by atoms with Crippen LogP contribution in [0.4, 0.5) is 0 Å². The minimum absolute atomic E-state index is 0.525. The molecule has 0 saturated heterocycles. The average molecular weight is 231 g/mol. The molecule has 0 amide bonds. The first-order valence-electron chi connectivity index (χ1n) is 6.30. The molecule has 3 N–H and O–H groups in total. The number of imidazole rings is 1. The SMILES string of the molecule is CCC(CN)Cc1nc2c(C)cc(C)cc2[nH]1. The lowest BCUT2D eigenvalue weighted by Gasteiger charge is -2.08. The minimum Gasteiger partial charge on any atom is -0.342 e. The summed E-state index contributed by atoms with van der Waals surface area (Å²) in [7, 11) is 0. The number of benzene rings is 1. The van der Waals surface area contributed by atoms with Gasteiger partial charge in [0.2, 0.25) is 0 Å². The van der Waals surface area contributed by atoms with E-state index in [1.165, 1.54) is 11.1 Å². The summed E-state index contributed by atoms with van der Waals surface area (Å²) < 4.78 is 0. The van der Waals surface area contributed by atoms with Crippen LogP contribution in [0.5, 0.6) is 0 Å². The molecule has 0 bridgehead atoms. The molecule has 0 fully saturated rings. The second-order valence-electron chi connectivity index (χ2n) is 4.88. The third-order valence-electron chi connectivity index (χ3n) is 3.36. The van der Waals surface area contributed by atoms with Crippen molar-refractivity contribution in [3.63, 3.8) is 0 Å². The lowest BCUT2D eigenvalue weighted by molar-refractivity contribution is 0.508. The number of rotatable bonds is 4. The van der Waals surface area contributed by atoms with Crippen LogP contribution < -0.4 is 5.73 Å². The Morgan fingerprint density at radius 1 is 1.35 bits per heavy atom. The molecule has 1 aromatic carbocycles. The first-order valence-corrected chi connectivity index (χ1v) is 6.30. The van der Waals surface area contributed by atoms with E-state index in [4.69, 9.17) is 5.73 Å². The molecule has 0 radical (unpaired) electrons. The van der Waals surface area contributed by atoms with Crippen molar-refractivity contribution < 1.29 is 0 Å². The number of nitrogens with two attached hydrogens (primary N) is 1. The Morgan fingerprint density at radius 3 is 2.76 bits per heavy atom. The molecular formula is C14H21N3. The summed E-state index contributed by atoms with van der Waals surface area (Å²) >= 11 is 0. The molecule has 3 heteroatoms. The number of aromatic nitrogens is 2. The zero-order valence-corrected chi connectivity index (χ0v) is 10.9. The summed E-state index contributed by atoms with van der Waals surface area (Å²) in [4.78, 5) is 8.09. The monoisotopic (exact) mass is 231 g/mol. The minimum atomic E-state index is 0.525. The van der Waals surface area contributed by atoms with Gasteiger partial charge in [0.05, 0.1) is 11.0 Å². The van der Waals surface area contributed by atoms with Crippen LogP contribution >= 0.6 is 0 Å². The van der Waals surface area contributed by atoms with Crippen molar-refractivity contribution in [2.75, 3.05) is 6.54 Å². The van der Waals surface area contributed by atoms with Crippen molar-refractivity contribution in [2.45, 2.75) is 33.6 Å². The van der Waals surface area contributed by atoms with Crippen LogP contribution in [0.25, 0.3) is 11.0 Å². The van der Waals surface area contributed by atoms with Crippen molar-refractivity contribution in [2.24, 2.45) is 11.7 Å². The number of H-pyrrole nitrogens is 1. The fraction of sp³-hybridized carbons (Fsp3) is 0.500. The number of hydrogen-bond donors (Lipinski definition) is 2. The van der Waals surface area contributed by atoms with Crippen molar-refractivity contribution in [3.8, 4) is 0 Å². The topological polar surface area (TPSA) is 54.7 Å². The molecule has 1 aromatic heterocycles. The van der Waals surface area contributed by atoms with E-state index in [-0.39, 0.29) is 0 Å². The Morgan fingerprint density at radius 2 is 2.12 bits per heavy atom. The summed E-state index contributed by atoms with van der Waals surface area (Å²) in [6, 6.07) is 4.33. The van der Waals surface area contributed by atoms with Gasteiger partial charge in [-0.1, -0.05) is 19.4 Å². The Balaban J connectivity index is 2.34. The standard InChI is InChI=1S/C14H21N3/c1-4-11(8-15)7-13-16-12-6-9(2)5-10(3)14(12)17-13/h5-6,11H,4,7-8,15H2,1-3H3,(H,16,17). The molecule has 0 saturated carbocycles. The van der Waals surface area contributed by atoms with E-state index < -0.39 is 0 Å². The molecule has 1 atom stereocenters. The highest BCUT2D eigenvalue weighted by Gasteiger charge is 2.10. The second kappa shape index (κ2) is 4.88. The zero-order valence-electron chi connectivity index (χ0n) is 10.9. The van der Waals surface area contributed by atoms with Gasteiger partial charge >= 0.3 is 0 Å². The number of hydrogen-bond acceptors (Lipinski definition) is 2. The quantitative estimate of drug-likeness (QED) is 0.850. The van der Waals surface area contributed by atoms with E-state index in [2.05, 4.69) is 42.9 Å². The van der Waals surface area contributed by atoms with Gasteiger partial charge in [0.25, 0.3) is 0 Å². The molecule has 1 heterocycles. The van der Waals surface area contributed by atoms with Gasteiger partial charge in [-0.25, -0.2) is 4.98 Å². The molecule has 17 heavy (non-hydrogen) atoms. The molecular weight excluding hydrogens is 210 g/mol. The zero-order chi connectivity index (χ0) is 12.4. The van der Waals surface area contributed by atoms with Crippen LogP contribution in [0.15, 0.2) is 12.1 Å². The van der Waals surface area contributed by atoms with Crippen molar-refractivity contribution in [3.05, 3.63) is 29.1 Å². The van der Waals surface area contributed by atoms with Crippen LogP contribution in [-0.2, 0) is 6.42 Å². The Bertz CT molecular complexity index is 509. The maximum Gasteiger partial charge on any atom is 0.107 e. The summed E-state index contributed by atoms with van der Waals surface area (Å²) in [6.07, 6.45) is 2.05. The number of nitrogens with zero attached hydrogens (tertiary/aromatic N) is 1. The molecule has 1 unspecified atom stereocenters. The van der Waals surface area contributed by atoms with Gasteiger partial charge in [-0.3, -0.25) is 0 Å². The van der Waals surface area contributed by atoms with Crippen LogP contribution in [0.2, 0.25) is 0 Å². The normalized spacial score (nSPS) is 13.2. The Kier molecular flexibility index (Phi) is 3.48. The van der Waals surface area contributed by atoms with Gasteiger partial charge < -0.3 is 10.7 Å². The van der Waals surface area contributed by atoms with E-state index in [0.717, 1.165) is 36.2 Å². The predicted octanol–water partition coefficient (Wildman–Crippen LogP) is 2.71. The molecule has 0 spiro atoms. The maximum atomic E-state index is 5.74. The predicted molar refractivity (Wildman–Crippen MR) is 72.1 cm³/mol. The van der Waals surface area contributed by atoms with Gasteiger partial charge in [-0.05, 0) is 43.5 Å². The molecule has 2 aromatic rings. The number of aromatic amines is 1. The van der Waals surface area contributed by atoms with Gasteiger partial charge in [-0.15, -0.1) is 0 Å². The van der Waals surface area contributed by atoms with Crippen molar-refractivity contribution >= 4 is 11.0 Å². The van der Waals surface area contributed by atoms with E-state index in [0.29, 0.717) is 5.92 Å². The molecule has 92 valence electrons. The van der Waals surface area contributed by atoms with Crippen LogP contribution in [0.3, 0.4) is 0 Å². The van der Waals surface area contributed by atoms with E-state index >= 15 is 0 Å². The van der Waals surface area contributed by atoms with E-state index in [1.54, 1.807) is 0 Å². The second-order valence-corrected chi connectivity index (χ2v) is 4.88. The molecule has 0 aliphatic heterocycles. The molecule has 3 nitrogen and oxygen atoms in total. The van der Waals surface area contributed by atoms with Gasteiger partial charge in [0.1, 0.15) is 5.82 Å². The smallest absolute Gasteiger partial charge is 0.107 e. The highest BCUT2D eigenvalue weighted by atomic mass is 14.9. The number of fused-ring (bicyclic) bond motifs is 1. The highest BCUT2D eigenvalue weighted by molar-refractivity contribution is 5.79. The van der Waals surface area contributed by atoms with E-state index in [1.807, 2.05) is 0 Å². The third kappa shape index (κ3) is 2.50. The van der Waals surface area contributed by atoms with Gasteiger partial charge in [-0.2, -0.15) is 0 Å². The van der Waals surface area contributed by atoms with Crippen molar-refractivity contribution in [1.29, 1.82) is 0 Å². The third-order valence-corrected chi connectivity index (χ3v) is 3.36. The van der Waals surface area contributed by atoms with Crippen LogP contribution in [-0.4, -0.2) is 16.5 Å². The summed E-state index contributed by atoms with van der Waals surface area (Å²) in [6.45, 7) is 7.13. The molecule has 2 rings (SSSR count). The summed E-state index contributed by atoms with van der Waals surface area (Å²) in [5.74, 6) is 1.59. The highest BCUT2D eigenvalue weighted by Crippen LogP contribution is 2.19. The number of nitrogens with one attached hydrogen (secondary N) is 1. The van der Waals surface area contributed by atoms with Crippen LogP contribution in [0.1, 0.15) is 30.3 Å². The molecule has 0 aliphatic carbocycles. The Hall–Kier alpha value is -1.35. The first-order chi connectivity index (χ1) is 8.13. The summed E-state index contributed by atoms with van der Waals surface area (Å²) in [5, 5.41) is 0. The van der Waals surface area contributed by atoms with E-state index in [9.17, 15) is 0 Å². The number of aryl methyl sites for hydroxylation is 2. The largest absolute Gasteiger partial charge is 0.342 e. The lowest BCUT2D eigenvalue weighted by Crippen LogP contribution is -2.16. The fourth-order valence-corrected chi connectivity index (χ4v) is 2.29.